The molecule has 0 radical (unpaired) electrons. The van der Waals surface area contributed by atoms with Crippen LogP contribution in [0, 0.1) is 6.92 Å². The van der Waals surface area contributed by atoms with Gasteiger partial charge in [-0.05, 0) is 61.7 Å². The first-order valence-corrected chi connectivity index (χ1v) is 10.6. The molecule has 0 bridgehead atoms. The number of unbranched alkanes of at least 4 members (excludes halogenated alkanes) is 1. The normalized spacial score (nSPS) is 17.8. The fraction of sp³-hybridized carbons (Fsp3) is 0.360. The molecule has 3 rings (SSSR count). The fourth-order valence-electron chi connectivity index (χ4n) is 3.90. The second-order valence-electron chi connectivity index (χ2n) is 7.53. The third-order valence-corrected chi connectivity index (χ3v) is 5.47. The number of aliphatic hydroxyl groups is 1. The Balaban J connectivity index is 2.17. The maximum atomic E-state index is 13.1. The molecule has 1 heterocycles. The molecule has 1 saturated heterocycles. The second-order valence-corrected chi connectivity index (χ2v) is 7.53. The number of methoxy groups -OCH3 is 1. The third kappa shape index (κ3) is 4.43. The summed E-state index contributed by atoms with van der Waals surface area (Å²) < 4.78 is 10.9. The lowest BCUT2D eigenvalue weighted by Gasteiger charge is -2.25. The minimum absolute atomic E-state index is 0.100. The van der Waals surface area contributed by atoms with Gasteiger partial charge in [-0.25, -0.2) is 0 Å². The van der Waals surface area contributed by atoms with Crippen LogP contribution in [0.5, 0.6) is 11.5 Å². The van der Waals surface area contributed by atoms with E-state index in [9.17, 15) is 14.7 Å². The predicted octanol–water partition coefficient (Wildman–Crippen LogP) is 4.62. The SMILES string of the molecule is CCCCN1C(=O)C(=O)/C(=C(/O)c2ccc(OC)cc2C)C1c1cccc(OCC)c1. The number of hydrogen-bond acceptors (Lipinski definition) is 5. The van der Waals surface area contributed by atoms with E-state index in [0.29, 0.717) is 30.2 Å². The molecule has 0 aromatic heterocycles. The van der Waals surface area contributed by atoms with E-state index in [1.54, 1.807) is 30.2 Å². The number of nitrogens with zero attached hydrogens (tertiary/aromatic N) is 1. The first-order chi connectivity index (χ1) is 14.9. The van der Waals surface area contributed by atoms with Gasteiger partial charge in [0.2, 0.25) is 0 Å². The molecule has 1 N–H and O–H groups in total. The summed E-state index contributed by atoms with van der Waals surface area (Å²) in [4.78, 5) is 27.5. The number of amides is 1. The number of likely N-dealkylation sites (tertiary alicyclic amines) is 1. The maximum absolute atomic E-state index is 13.1. The number of carbonyl (C=O) groups is 2. The standard InChI is InChI=1S/C25H29NO5/c1-5-7-13-26-22(17-9-8-10-19(15-17)31-6-2)21(24(28)25(26)29)23(27)20-12-11-18(30-4)14-16(20)3/h8-12,14-15,22,27H,5-7,13H2,1-4H3/b23-21+. The van der Waals surface area contributed by atoms with E-state index in [1.165, 1.54) is 0 Å². The lowest BCUT2D eigenvalue weighted by Crippen LogP contribution is -2.30. The Bertz CT molecular complexity index is 1010. The summed E-state index contributed by atoms with van der Waals surface area (Å²) in [7, 11) is 1.57. The number of Topliss-reactive ketones (excluding diaryl/α,β-unsaturated/α-hetero) is 1. The minimum atomic E-state index is -0.673. The van der Waals surface area contributed by atoms with Crippen LogP contribution < -0.4 is 9.47 Å². The Morgan fingerprint density at radius 2 is 1.87 bits per heavy atom. The first kappa shape index (κ1) is 22.4. The first-order valence-electron chi connectivity index (χ1n) is 10.6. The van der Waals surface area contributed by atoms with Crippen molar-refractivity contribution in [3.8, 4) is 11.5 Å². The zero-order valence-electron chi connectivity index (χ0n) is 18.5. The Kier molecular flexibility index (Phi) is 7.00. The Morgan fingerprint density at radius 3 is 2.52 bits per heavy atom. The molecule has 0 aliphatic carbocycles. The highest BCUT2D eigenvalue weighted by Crippen LogP contribution is 2.41. The molecule has 1 aliphatic rings. The number of rotatable bonds is 8. The minimum Gasteiger partial charge on any atom is -0.507 e. The van der Waals surface area contributed by atoms with Crippen LogP contribution in [0.15, 0.2) is 48.0 Å². The van der Waals surface area contributed by atoms with E-state index in [-0.39, 0.29) is 11.3 Å². The van der Waals surface area contributed by atoms with E-state index >= 15 is 0 Å². The number of benzene rings is 2. The van der Waals surface area contributed by atoms with Crippen LogP contribution in [0.4, 0.5) is 0 Å². The predicted molar refractivity (Wildman–Crippen MR) is 119 cm³/mol. The van der Waals surface area contributed by atoms with Gasteiger partial charge in [-0.15, -0.1) is 0 Å². The van der Waals surface area contributed by atoms with Crippen molar-refractivity contribution < 1.29 is 24.2 Å². The molecule has 0 saturated carbocycles. The molecule has 2 aromatic carbocycles. The quantitative estimate of drug-likeness (QED) is 0.381. The van der Waals surface area contributed by atoms with Crippen molar-refractivity contribution in [3.63, 3.8) is 0 Å². The van der Waals surface area contributed by atoms with Gasteiger partial charge in [0.15, 0.2) is 0 Å². The highest BCUT2D eigenvalue weighted by Gasteiger charge is 2.45. The van der Waals surface area contributed by atoms with Gasteiger partial charge in [0, 0.05) is 12.1 Å². The molecule has 1 fully saturated rings. The van der Waals surface area contributed by atoms with Crippen LogP contribution in [0.3, 0.4) is 0 Å². The largest absolute Gasteiger partial charge is 0.507 e. The van der Waals surface area contributed by atoms with Gasteiger partial charge in [-0.3, -0.25) is 9.59 Å². The van der Waals surface area contributed by atoms with E-state index in [0.717, 1.165) is 24.0 Å². The molecule has 164 valence electrons. The number of hydrogen-bond donors (Lipinski definition) is 1. The van der Waals surface area contributed by atoms with Gasteiger partial charge in [0.1, 0.15) is 17.3 Å². The second kappa shape index (κ2) is 9.69. The van der Waals surface area contributed by atoms with Crippen LogP contribution >= 0.6 is 0 Å². The van der Waals surface area contributed by atoms with Gasteiger partial charge in [0.25, 0.3) is 11.7 Å². The van der Waals surface area contributed by atoms with Crippen LogP contribution in [-0.2, 0) is 9.59 Å². The average Bonchev–Trinajstić information content (AvgIpc) is 3.02. The summed E-state index contributed by atoms with van der Waals surface area (Å²) in [6, 6.07) is 11.9. The van der Waals surface area contributed by atoms with E-state index in [4.69, 9.17) is 9.47 Å². The summed E-state index contributed by atoms with van der Waals surface area (Å²) in [5.74, 6) is -0.131. The molecule has 2 aromatic rings. The zero-order chi connectivity index (χ0) is 22.5. The summed E-state index contributed by atoms with van der Waals surface area (Å²) >= 11 is 0. The van der Waals surface area contributed by atoms with Crippen molar-refractivity contribution in [2.24, 2.45) is 0 Å². The summed E-state index contributed by atoms with van der Waals surface area (Å²) in [6.45, 7) is 6.69. The highest BCUT2D eigenvalue weighted by molar-refractivity contribution is 6.46. The smallest absolute Gasteiger partial charge is 0.295 e. The average molecular weight is 424 g/mol. The molecule has 1 unspecified atom stereocenters. The molecular weight excluding hydrogens is 394 g/mol. The van der Waals surface area contributed by atoms with Gasteiger partial charge in [-0.2, -0.15) is 0 Å². The van der Waals surface area contributed by atoms with Gasteiger partial charge in [0.05, 0.1) is 25.3 Å². The van der Waals surface area contributed by atoms with Crippen molar-refractivity contribution in [1.29, 1.82) is 0 Å². The highest BCUT2D eigenvalue weighted by atomic mass is 16.5. The van der Waals surface area contributed by atoms with E-state index < -0.39 is 17.7 Å². The number of ketones is 1. The summed E-state index contributed by atoms with van der Waals surface area (Å²) in [5.41, 5.74) is 2.08. The molecule has 6 nitrogen and oxygen atoms in total. The van der Waals surface area contributed by atoms with Crippen molar-refractivity contribution in [2.75, 3.05) is 20.3 Å². The molecule has 0 spiro atoms. The van der Waals surface area contributed by atoms with E-state index in [2.05, 4.69) is 0 Å². The topological polar surface area (TPSA) is 76.1 Å². The van der Waals surface area contributed by atoms with E-state index in [1.807, 2.05) is 45.0 Å². The fourth-order valence-corrected chi connectivity index (χ4v) is 3.90. The third-order valence-electron chi connectivity index (χ3n) is 5.47. The number of aliphatic hydroxyl groups excluding tert-OH is 1. The van der Waals surface area contributed by atoms with Crippen molar-refractivity contribution in [3.05, 3.63) is 64.7 Å². The monoisotopic (exact) mass is 423 g/mol. The molecule has 1 amide bonds. The van der Waals surface area contributed by atoms with Gasteiger partial charge in [-0.1, -0.05) is 25.5 Å². The van der Waals surface area contributed by atoms with Crippen molar-refractivity contribution >= 4 is 17.4 Å². The van der Waals surface area contributed by atoms with Crippen LogP contribution in [-0.4, -0.2) is 42.0 Å². The van der Waals surface area contributed by atoms with Crippen molar-refractivity contribution in [1.82, 2.24) is 4.90 Å². The van der Waals surface area contributed by atoms with Crippen LogP contribution in [0.25, 0.3) is 5.76 Å². The number of aryl methyl sites for hydroxylation is 1. The van der Waals surface area contributed by atoms with Crippen molar-refractivity contribution in [2.45, 2.75) is 39.7 Å². The summed E-state index contributed by atoms with van der Waals surface area (Å²) in [5, 5.41) is 11.2. The van der Waals surface area contributed by atoms with Crippen LogP contribution in [0.2, 0.25) is 0 Å². The molecular formula is C25H29NO5. The Hall–Kier alpha value is -3.28. The molecule has 1 aliphatic heterocycles. The number of ether oxygens (including phenoxy) is 2. The van der Waals surface area contributed by atoms with Gasteiger partial charge < -0.3 is 19.5 Å². The molecule has 31 heavy (non-hydrogen) atoms. The van der Waals surface area contributed by atoms with Crippen LogP contribution in [0.1, 0.15) is 49.4 Å². The Morgan fingerprint density at radius 1 is 1.10 bits per heavy atom. The lowest BCUT2D eigenvalue weighted by atomic mass is 9.93. The zero-order valence-corrected chi connectivity index (χ0v) is 18.5. The summed E-state index contributed by atoms with van der Waals surface area (Å²) in [6.07, 6.45) is 1.64. The lowest BCUT2D eigenvalue weighted by molar-refractivity contribution is -0.139. The molecule has 6 heteroatoms. The van der Waals surface area contributed by atoms with Gasteiger partial charge >= 0.3 is 0 Å². The maximum Gasteiger partial charge on any atom is 0.295 e. The molecule has 1 atom stereocenters. The Labute approximate surface area is 183 Å². The number of carbonyl (C=O) groups excluding carboxylic acids is 2.